The molecule has 4 nitrogen and oxygen atoms in total. The van der Waals surface area contributed by atoms with Crippen LogP contribution < -0.4 is 0 Å². The first kappa shape index (κ1) is 19.2. The van der Waals surface area contributed by atoms with E-state index < -0.39 is 17.4 Å². The third-order valence-corrected chi connectivity index (χ3v) is 3.88. The molecule has 1 fully saturated rings. The summed E-state index contributed by atoms with van der Waals surface area (Å²) in [5.41, 5.74) is -0.284. The highest BCUT2D eigenvalue weighted by molar-refractivity contribution is 5.79. The molecule has 0 aromatic heterocycles. The van der Waals surface area contributed by atoms with E-state index in [4.69, 9.17) is 14.5 Å². The molecule has 1 aliphatic heterocycles. The fraction of sp³-hybridized carbons (Fsp3) is 0.833. The predicted molar refractivity (Wildman–Crippen MR) is 87.0 cm³/mol. The second-order valence-corrected chi connectivity index (χ2v) is 7.95. The lowest BCUT2D eigenvalue weighted by Crippen LogP contribution is -2.34. The smallest absolute Gasteiger partial charge is 0.373 e. The molecule has 0 unspecified atom stereocenters. The second kappa shape index (κ2) is 7.60. The van der Waals surface area contributed by atoms with Crippen LogP contribution in [0.4, 0.5) is 0 Å². The molecular weight excluding hydrogens is 280 g/mol. The Hall–Kier alpha value is -0.870. The first-order chi connectivity index (χ1) is 10.1. The van der Waals surface area contributed by atoms with Gasteiger partial charge in [0, 0.05) is 6.42 Å². The van der Waals surface area contributed by atoms with E-state index >= 15 is 0 Å². The van der Waals surface area contributed by atoms with Crippen molar-refractivity contribution < 1.29 is 19.3 Å². The highest BCUT2D eigenvalue weighted by Gasteiger charge is 2.58. The summed E-state index contributed by atoms with van der Waals surface area (Å²) >= 11 is 0. The molecule has 1 heterocycles. The molecule has 0 N–H and O–H groups in total. The summed E-state index contributed by atoms with van der Waals surface area (Å²) in [6.45, 7) is 14.0. The van der Waals surface area contributed by atoms with Crippen LogP contribution in [0.5, 0.6) is 0 Å². The fourth-order valence-corrected chi connectivity index (χ4v) is 2.21. The molecule has 0 amide bonds. The standard InChI is InChI=1S/C18H32O4/c1-7-17(5,6)20-15(19)18(21-22-18)14-12-10-8-9-11-13-16(2,3)4/h7H,1,8-14H2,2-6H3. The molecular formula is C18H32O4. The van der Waals surface area contributed by atoms with E-state index in [1.54, 1.807) is 19.9 Å². The van der Waals surface area contributed by atoms with Crippen molar-refractivity contribution in [3.05, 3.63) is 12.7 Å². The van der Waals surface area contributed by atoms with Gasteiger partial charge in [-0.25, -0.2) is 4.79 Å². The highest BCUT2D eigenvalue weighted by Crippen LogP contribution is 2.38. The van der Waals surface area contributed by atoms with Gasteiger partial charge in [0.25, 0.3) is 0 Å². The molecule has 1 aliphatic rings. The SMILES string of the molecule is C=CC(C)(C)OC(=O)C1(CCCCCCCC(C)(C)C)OO1. The number of esters is 1. The van der Waals surface area contributed by atoms with Crippen molar-refractivity contribution >= 4 is 5.97 Å². The Balaban J connectivity index is 2.16. The van der Waals surface area contributed by atoms with E-state index in [0.717, 1.165) is 12.8 Å². The number of carbonyl (C=O) groups is 1. The summed E-state index contributed by atoms with van der Waals surface area (Å²) in [6.07, 6.45) is 9.06. The zero-order valence-electron chi connectivity index (χ0n) is 14.9. The third kappa shape index (κ3) is 6.93. The normalized spacial score (nSPS) is 17.1. The number of carbonyl (C=O) groups excluding carboxylic acids is 1. The molecule has 0 aliphatic carbocycles. The number of hydrogen-bond donors (Lipinski definition) is 0. The van der Waals surface area contributed by atoms with Gasteiger partial charge in [-0.05, 0) is 38.2 Å². The zero-order valence-corrected chi connectivity index (χ0v) is 14.9. The minimum atomic E-state index is -1.16. The van der Waals surface area contributed by atoms with E-state index in [9.17, 15) is 4.79 Å². The quantitative estimate of drug-likeness (QED) is 0.189. The number of unbranched alkanes of at least 4 members (excludes halogenated alkanes) is 4. The maximum atomic E-state index is 12.1. The molecule has 0 aromatic rings. The summed E-state index contributed by atoms with van der Waals surface area (Å²) < 4.78 is 5.34. The third-order valence-electron chi connectivity index (χ3n) is 3.88. The van der Waals surface area contributed by atoms with Crippen LogP contribution in [0.1, 0.15) is 79.6 Å². The van der Waals surface area contributed by atoms with E-state index in [1.165, 1.54) is 25.7 Å². The maximum Gasteiger partial charge on any atom is 0.373 e. The molecule has 0 radical (unpaired) electrons. The van der Waals surface area contributed by atoms with Gasteiger partial charge in [-0.2, -0.15) is 9.78 Å². The summed E-state index contributed by atoms with van der Waals surface area (Å²) in [7, 11) is 0. The molecule has 1 rings (SSSR count). The van der Waals surface area contributed by atoms with Crippen LogP contribution in [0.3, 0.4) is 0 Å². The van der Waals surface area contributed by atoms with Crippen molar-refractivity contribution in [2.75, 3.05) is 0 Å². The van der Waals surface area contributed by atoms with Crippen LogP contribution in [0.2, 0.25) is 0 Å². The van der Waals surface area contributed by atoms with Gasteiger partial charge in [-0.3, -0.25) is 0 Å². The van der Waals surface area contributed by atoms with Crippen molar-refractivity contribution in [2.45, 2.75) is 91.0 Å². The number of rotatable bonds is 10. The molecule has 22 heavy (non-hydrogen) atoms. The Morgan fingerprint density at radius 1 is 1.05 bits per heavy atom. The van der Waals surface area contributed by atoms with Gasteiger partial charge in [0.05, 0.1) is 0 Å². The van der Waals surface area contributed by atoms with Gasteiger partial charge in [-0.15, -0.1) is 0 Å². The lowest BCUT2D eigenvalue weighted by molar-refractivity contribution is -0.160. The van der Waals surface area contributed by atoms with Crippen LogP contribution in [0.25, 0.3) is 0 Å². The molecule has 4 heteroatoms. The summed E-state index contributed by atoms with van der Waals surface area (Å²) in [5.74, 6) is -1.61. The summed E-state index contributed by atoms with van der Waals surface area (Å²) in [5, 5.41) is 0. The second-order valence-electron chi connectivity index (χ2n) is 7.95. The predicted octanol–water partition coefficient (Wildman–Crippen LogP) is 4.93. The molecule has 1 saturated heterocycles. The van der Waals surface area contributed by atoms with Gasteiger partial charge in [-0.1, -0.05) is 53.0 Å². The van der Waals surface area contributed by atoms with Gasteiger partial charge in [0.2, 0.25) is 0 Å². The molecule has 0 atom stereocenters. The first-order valence-corrected chi connectivity index (χ1v) is 8.34. The first-order valence-electron chi connectivity index (χ1n) is 8.34. The van der Waals surface area contributed by atoms with E-state index in [2.05, 4.69) is 27.4 Å². The molecule has 0 spiro atoms. The zero-order chi connectivity index (χ0) is 16.9. The lowest BCUT2D eigenvalue weighted by atomic mass is 9.89. The van der Waals surface area contributed by atoms with Crippen molar-refractivity contribution in [3.8, 4) is 0 Å². The molecule has 128 valence electrons. The van der Waals surface area contributed by atoms with E-state index in [-0.39, 0.29) is 0 Å². The lowest BCUT2D eigenvalue weighted by Gasteiger charge is -2.21. The van der Waals surface area contributed by atoms with Crippen LogP contribution in [-0.2, 0) is 19.3 Å². The average Bonchev–Trinajstić information content (AvgIpc) is 3.17. The molecule has 0 aromatic carbocycles. The minimum Gasteiger partial charge on any atom is -0.451 e. The number of hydrogen-bond acceptors (Lipinski definition) is 4. The van der Waals surface area contributed by atoms with Crippen molar-refractivity contribution in [3.63, 3.8) is 0 Å². The van der Waals surface area contributed by atoms with E-state index in [0.29, 0.717) is 11.8 Å². The average molecular weight is 312 g/mol. The summed E-state index contributed by atoms with van der Waals surface area (Å²) in [4.78, 5) is 21.9. The monoisotopic (exact) mass is 312 g/mol. The maximum absolute atomic E-state index is 12.1. The molecule has 0 bridgehead atoms. The Labute approximate surface area is 135 Å². The minimum absolute atomic E-state index is 0.418. The van der Waals surface area contributed by atoms with Crippen LogP contribution in [-0.4, -0.2) is 17.4 Å². The topological polar surface area (TPSA) is 51.4 Å². The summed E-state index contributed by atoms with van der Waals surface area (Å²) in [6, 6.07) is 0. The van der Waals surface area contributed by atoms with Crippen molar-refractivity contribution in [1.29, 1.82) is 0 Å². The Morgan fingerprint density at radius 3 is 2.09 bits per heavy atom. The van der Waals surface area contributed by atoms with Crippen molar-refractivity contribution in [2.24, 2.45) is 5.41 Å². The van der Waals surface area contributed by atoms with Gasteiger partial charge >= 0.3 is 11.8 Å². The Kier molecular flexibility index (Phi) is 6.63. The van der Waals surface area contributed by atoms with Crippen LogP contribution in [0, 0.1) is 5.41 Å². The van der Waals surface area contributed by atoms with Crippen molar-refractivity contribution in [1.82, 2.24) is 0 Å². The van der Waals surface area contributed by atoms with Gasteiger partial charge in [0.1, 0.15) is 5.60 Å². The van der Waals surface area contributed by atoms with Crippen LogP contribution in [0.15, 0.2) is 12.7 Å². The fourth-order valence-electron chi connectivity index (χ4n) is 2.21. The van der Waals surface area contributed by atoms with Gasteiger partial charge in [0.15, 0.2) is 0 Å². The highest BCUT2D eigenvalue weighted by atomic mass is 17.4. The Morgan fingerprint density at radius 2 is 1.59 bits per heavy atom. The van der Waals surface area contributed by atoms with Crippen LogP contribution >= 0.6 is 0 Å². The van der Waals surface area contributed by atoms with Gasteiger partial charge < -0.3 is 4.74 Å². The van der Waals surface area contributed by atoms with E-state index in [1.807, 2.05) is 0 Å². The number of ether oxygens (including phenoxy) is 1. The molecule has 0 saturated carbocycles. The Bertz CT molecular complexity index is 375. The largest absolute Gasteiger partial charge is 0.451 e.